The zero-order chi connectivity index (χ0) is 16.5. The highest BCUT2D eigenvalue weighted by Gasteiger charge is 2.43. The first-order chi connectivity index (χ1) is 11.7. The molecule has 1 aromatic rings. The van der Waals surface area contributed by atoms with Gasteiger partial charge in [-0.3, -0.25) is 9.69 Å². The van der Waals surface area contributed by atoms with Crippen LogP contribution in [0.4, 0.5) is 0 Å². The zero-order valence-electron chi connectivity index (χ0n) is 14.2. The van der Waals surface area contributed by atoms with Crippen LogP contribution in [-0.4, -0.2) is 47.2 Å². The summed E-state index contributed by atoms with van der Waals surface area (Å²) in [7, 11) is 1.61. The maximum atomic E-state index is 12.3. The average Bonchev–Trinajstić information content (AvgIpc) is 3.13. The average molecular weight is 334 g/mol. The van der Waals surface area contributed by atoms with E-state index in [1.165, 1.54) is 19.3 Å². The minimum Gasteiger partial charge on any atom is -0.375 e. The molecule has 0 unspecified atom stereocenters. The Morgan fingerprint density at radius 2 is 2.17 bits per heavy atom. The summed E-state index contributed by atoms with van der Waals surface area (Å²) in [5.74, 6) is 3.08. The second-order valence-electron chi connectivity index (χ2n) is 7.48. The first kappa shape index (κ1) is 16.0. The minimum absolute atomic E-state index is 0.257. The predicted molar refractivity (Wildman–Crippen MR) is 85.8 cm³/mol. The van der Waals surface area contributed by atoms with E-state index < -0.39 is 0 Å². The topological polar surface area (TPSA) is 80.5 Å². The summed E-state index contributed by atoms with van der Waals surface area (Å²) in [4.78, 5) is 19.0. The molecule has 24 heavy (non-hydrogen) atoms. The van der Waals surface area contributed by atoms with Crippen LogP contribution >= 0.6 is 0 Å². The van der Waals surface area contributed by atoms with E-state index in [9.17, 15) is 4.79 Å². The van der Waals surface area contributed by atoms with Crippen molar-refractivity contribution in [3.63, 3.8) is 0 Å². The molecule has 2 aliphatic carbocycles. The Kier molecular flexibility index (Phi) is 4.54. The van der Waals surface area contributed by atoms with Crippen LogP contribution in [0.1, 0.15) is 43.8 Å². The van der Waals surface area contributed by atoms with Crippen LogP contribution in [0.3, 0.4) is 0 Å². The van der Waals surface area contributed by atoms with Crippen molar-refractivity contribution in [2.75, 3.05) is 20.2 Å². The Morgan fingerprint density at radius 3 is 2.83 bits per heavy atom. The number of likely N-dealkylation sites (tertiary alicyclic amines) is 1. The maximum Gasteiger partial charge on any atom is 0.252 e. The van der Waals surface area contributed by atoms with Crippen LogP contribution in [0.2, 0.25) is 0 Å². The van der Waals surface area contributed by atoms with Crippen molar-refractivity contribution < 1.29 is 14.1 Å². The summed E-state index contributed by atoms with van der Waals surface area (Å²) in [6, 6.07) is 0.274. The molecule has 1 aromatic heterocycles. The third-order valence-electron chi connectivity index (χ3n) is 5.61. The number of nitrogens with zero attached hydrogens (tertiary/aromatic N) is 3. The van der Waals surface area contributed by atoms with Crippen LogP contribution in [0.15, 0.2) is 4.52 Å². The van der Waals surface area contributed by atoms with Gasteiger partial charge in [0.05, 0.1) is 6.54 Å². The fourth-order valence-corrected chi connectivity index (χ4v) is 3.90. The molecule has 7 heteroatoms. The molecule has 1 N–H and O–H groups in total. The van der Waals surface area contributed by atoms with E-state index in [1.54, 1.807) is 7.11 Å². The number of aromatic nitrogens is 2. The van der Waals surface area contributed by atoms with Crippen molar-refractivity contribution >= 4 is 5.91 Å². The van der Waals surface area contributed by atoms with Gasteiger partial charge in [0.2, 0.25) is 5.91 Å². The van der Waals surface area contributed by atoms with Crippen molar-refractivity contribution in [1.29, 1.82) is 0 Å². The van der Waals surface area contributed by atoms with Gasteiger partial charge < -0.3 is 14.6 Å². The van der Waals surface area contributed by atoms with E-state index in [0.29, 0.717) is 30.8 Å². The molecule has 0 bridgehead atoms. The first-order valence-corrected chi connectivity index (χ1v) is 9.06. The predicted octanol–water partition coefficient (Wildman–Crippen LogP) is 1.34. The maximum absolute atomic E-state index is 12.3. The first-order valence-electron chi connectivity index (χ1n) is 9.06. The summed E-state index contributed by atoms with van der Waals surface area (Å²) in [5.41, 5.74) is 0. The molecule has 1 aliphatic heterocycles. The second kappa shape index (κ2) is 6.80. The quantitative estimate of drug-likeness (QED) is 0.810. The number of rotatable bonds is 7. The number of hydrogen-bond donors (Lipinski definition) is 1. The fourth-order valence-electron chi connectivity index (χ4n) is 3.90. The van der Waals surface area contributed by atoms with Crippen molar-refractivity contribution in [3.05, 3.63) is 11.7 Å². The molecule has 0 radical (unpaired) electrons. The van der Waals surface area contributed by atoms with Crippen molar-refractivity contribution in [2.45, 2.75) is 51.3 Å². The van der Waals surface area contributed by atoms with Gasteiger partial charge in [0, 0.05) is 32.2 Å². The van der Waals surface area contributed by atoms with Crippen LogP contribution in [-0.2, 0) is 22.7 Å². The van der Waals surface area contributed by atoms with E-state index in [2.05, 4.69) is 20.4 Å². The van der Waals surface area contributed by atoms with E-state index in [4.69, 9.17) is 9.26 Å². The Hall–Kier alpha value is -1.47. The standard InChI is InChI=1S/C17H26N4O3/c1-23-10-16-19-15(20-24-16)9-21-7-13(11-5-6-11)14(8-21)18-17(22)12-3-2-4-12/h11-14H,2-10H2,1H3,(H,18,22)/t13-,14+/m0/s1. The Bertz CT molecular complexity index is 582. The minimum atomic E-state index is 0.257. The molecule has 1 saturated heterocycles. The zero-order valence-corrected chi connectivity index (χ0v) is 14.2. The fraction of sp³-hybridized carbons (Fsp3) is 0.824. The highest BCUT2D eigenvalue weighted by molar-refractivity contribution is 5.79. The van der Waals surface area contributed by atoms with E-state index in [0.717, 1.165) is 31.8 Å². The summed E-state index contributed by atoms with van der Waals surface area (Å²) in [6.45, 7) is 2.91. The van der Waals surface area contributed by atoms with Crippen LogP contribution in [0, 0.1) is 17.8 Å². The third-order valence-corrected chi connectivity index (χ3v) is 5.61. The van der Waals surface area contributed by atoms with Gasteiger partial charge in [0.15, 0.2) is 5.82 Å². The SMILES string of the molecule is COCc1nc(CN2C[C@@H](NC(=O)C3CCC3)[C@H](C3CC3)C2)no1. The number of hydrogen-bond acceptors (Lipinski definition) is 6. The molecule has 2 atom stereocenters. The normalized spacial score (nSPS) is 28.0. The molecule has 2 heterocycles. The monoisotopic (exact) mass is 334 g/mol. The molecule has 3 fully saturated rings. The summed E-state index contributed by atoms with van der Waals surface area (Å²) >= 11 is 0. The van der Waals surface area contributed by atoms with Gasteiger partial charge in [-0.1, -0.05) is 11.6 Å². The third kappa shape index (κ3) is 3.47. The van der Waals surface area contributed by atoms with Gasteiger partial charge in [-0.2, -0.15) is 4.98 Å². The number of methoxy groups -OCH3 is 1. The van der Waals surface area contributed by atoms with E-state index >= 15 is 0 Å². The van der Waals surface area contributed by atoms with Gasteiger partial charge in [-0.15, -0.1) is 0 Å². The van der Waals surface area contributed by atoms with Crippen molar-refractivity contribution in [1.82, 2.24) is 20.4 Å². The van der Waals surface area contributed by atoms with Gasteiger partial charge in [-0.05, 0) is 37.5 Å². The van der Waals surface area contributed by atoms with E-state index in [1.807, 2.05) is 0 Å². The molecule has 132 valence electrons. The van der Waals surface area contributed by atoms with Gasteiger partial charge in [0.1, 0.15) is 6.61 Å². The lowest BCUT2D eigenvalue weighted by Gasteiger charge is -2.28. The molecule has 4 rings (SSSR count). The number of carbonyl (C=O) groups is 1. The van der Waals surface area contributed by atoms with Gasteiger partial charge in [-0.25, -0.2) is 0 Å². The lowest BCUT2D eigenvalue weighted by molar-refractivity contribution is -0.128. The van der Waals surface area contributed by atoms with Crippen LogP contribution in [0.25, 0.3) is 0 Å². The smallest absolute Gasteiger partial charge is 0.252 e. The molecule has 3 aliphatic rings. The van der Waals surface area contributed by atoms with Crippen LogP contribution in [0.5, 0.6) is 0 Å². The summed E-state index contributed by atoms with van der Waals surface area (Å²) in [6.07, 6.45) is 5.91. The Balaban J connectivity index is 1.35. The van der Waals surface area contributed by atoms with Crippen molar-refractivity contribution in [2.24, 2.45) is 17.8 Å². The molecule has 7 nitrogen and oxygen atoms in total. The van der Waals surface area contributed by atoms with Crippen molar-refractivity contribution in [3.8, 4) is 0 Å². The molecular formula is C17H26N4O3. The lowest BCUT2D eigenvalue weighted by Crippen LogP contribution is -2.45. The number of amides is 1. The van der Waals surface area contributed by atoms with E-state index in [-0.39, 0.29) is 17.9 Å². The highest BCUT2D eigenvalue weighted by Crippen LogP contribution is 2.42. The van der Waals surface area contributed by atoms with Crippen LogP contribution < -0.4 is 5.32 Å². The lowest BCUT2D eigenvalue weighted by atomic mass is 9.84. The number of ether oxygens (including phenoxy) is 1. The number of carbonyl (C=O) groups excluding carboxylic acids is 1. The van der Waals surface area contributed by atoms with Gasteiger partial charge in [0.25, 0.3) is 5.89 Å². The number of nitrogens with one attached hydrogen (secondary N) is 1. The molecular weight excluding hydrogens is 308 g/mol. The molecule has 2 saturated carbocycles. The van der Waals surface area contributed by atoms with Gasteiger partial charge >= 0.3 is 0 Å². The molecule has 0 aromatic carbocycles. The summed E-state index contributed by atoms with van der Waals surface area (Å²) < 4.78 is 10.2. The Labute approximate surface area is 142 Å². The highest BCUT2D eigenvalue weighted by atomic mass is 16.5. The molecule has 1 amide bonds. The Morgan fingerprint density at radius 1 is 1.33 bits per heavy atom. The molecule has 0 spiro atoms. The summed E-state index contributed by atoms with van der Waals surface area (Å²) in [5, 5.41) is 7.35. The second-order valence-corrected chi connectivity index (χ2v) is 7.48. The largest absolute Gasteiger partial charge is 0.375 e.